The molecular weight excluding hydrogens is 276 g/mol. The number of hydrogen-bond acceptors (Lipinski definition) is 2. The average Bonchev–Trinajstić information content (AvgIpc) is 2.79. The van der Waals surface area contributed by atoms with Crippen molar-refractivity contribution in [3.8, 4) is 0 Å². The van der Waals surface area contributed by atoms with Gasteiger partial charge in [-0.1, -0.05) is 23.7 Å². The zero-order valence-electron chi connectivity index (χ0n) is 11.8. The Hall–Kier alpha value is -1.55. The minimum atomic E-state index is -0.338. The van der Waals surface area contributed by atoms with Gasteiger partial charge in [0.15, 0.2) is 0 Å². The second-order valence-electron chi connectivity index (χ2n) is 4.99. The molecule has 1 atom stereocenters. The second-order valence-corrected chi connectivity index (χ2v) is 5.39. The van der Waals surface area contributed by atoms with Crippen LogP contribution in [0.15, 0.2) is 18.2 Å². The normalized spacial score (nSPS) is 18.4. The summed E-state index contributed by atoms with van der Waals surface area (Å²) in [5.74, 6) is -0.0430. The minimum absolute atomic E-state index is 0.0570. The summed E-state index contributed by atoms with van der Waals surface area (Å²) < 4.78 is 0. The number of carbonyl (C=O) groups is 2. The fourth-order valence-corrected chi connectivity index (χ4v) is 2.88. The van der Waals surface area contributed by atoms with Gasteiger partial charge < -0.3 is 10.2 Å². The molecule has 2 amide bonds. The molecule has 1 aliphatic rings. The van der Waals surface area contributed by atoms with Crippen molar-refractivity contribution in [1.82, 2.24) is 10.2 Å². The number of benzene rings is 1. The summed E-state index contributed by atoms with van der Waals surface area (Å²) in [7, 11) is 0. The van der Waals surface area contributed by atoms with Crippen LogP contribution >= 0.6 is 11.6 Å². The van der Waals surface area contributed by atoms with Gasteiger partial charge in [0.2, 0.25) is 11.8 Å². The first-order valence-corrected chi connectivity index (χ1v) is 7.23. The molecule has 0 aliphatic carbocycles. The highest BCUT2D eigenvalue weighted by molar-refractivity contribution is 6.31. The number of rotatable bonds is 4. The van der Waals surface area contributed by atoms with Gasteiger partial charge in [-0.3, -0.25) is 9.59 Å². The molecule has 1 aromatic carbocycles. The van der Waals surface area contributed by atoms with E-state index < -0.39 is 0 Å². The van der Waals surface area contributed by atoms with Gasteiger partial charge in [0.05, 0.1) is 0 Å². The predicted molar refractivity (Wildman–Crippen MR) is 78.4 cm³/mol. The Morgan fingerprint density at radius 2 is 2.25 bits per heavy atom. The van der Waals surface area contributed by atoms with E-state index >= 15 is 0 Å². The lowest BCUT2D eigenvalue weighted by molar-refractivity contribution is -0.135. The molecule has 1 fully saturated rings. The van der Waals surface area contributed by atoms with Crippen LogP contribution in [0.2, 0.25) is 5.02 Å². The molecular formula is C15H19ClN2O2. The van der Waals surface area contributed by atoms with Crippen molar-refractivity contribution < 1.29 is 9.59 Å². The van der Waals surface area contributed by atoms with E-state index in [2.05, 4.69) is 5.32 Å². The van der Waals surface area contributed by atoms with Crippen molar-refractivity contribution in [1.29, 1.82) is 0 Å². The number of nitrogens with one attached hydrogen (secondary N) is 1. The van der Waals surface area contributed by atoms with Gasteiger partial charge in [-0.2, -0.15) is 0 Å². The zero-order valence-corrected chi connectivity index (χ0v) is 12.5. The van der Waals surface area contributed by atoms with Crippen LogP contribution in [0.1, 0.15) is 30.9 Å². The Balaban J connectivity index is 2.01. The lowest BCUT2D eigenvalue weighted by Gasteiger charge is -2.22. The van der Waals surface area contributed by atoms with Crippen molar-refractivity contribution >= 4 is 23.4 Å². The third-order valence-corrected chi connectivity index (χ3v) is 4.12. The highest BCUT2D eigenvalue weighted by atomic mass is 35.5. The zero-order chi connectivity index (χ0) is 14.7. The summed E-state index contributed by atoms with van der Waals surface area (Å²) in [6, 6.07) is 5.32. The van der Waals surface area contributed by atoms with Crippen LogP contribution in [0.25, 0.3) is 0 Å². The summed E-state index contributed by atoms with van der Waals surface area (Å²) >= 11 is 6.14. The average molecular weight is 295 g/mol. The number of amides is 2. The molecule has 20 heavy (non-hydrogen) atoms. The van der Waals surface area contributed by atoms with Crippen LogP contribution in [0.5, 0.6) is 0 Å². The van der Waals surface area contributed by atoms with E-state index in [0.717, 1.165) is 11.1 Å². The van der Waals surface area contributed by atoms with Crippen molar-refractivity contribution in [2.45, 2.75) is 39.3 Å². The molecule has 0 bridgehead atoms. The summed E-state index contributed by atoms with van der Waals surface area (Å²) in [6.45, 7) is 4.82. The van der Waals surface area contributed by atoms with E-state index in [4.69, 9.17) is 11.6 Å². The number of halogens is 1. The molecule has 0 aromatic heterocycles. The van der Waals surface area contributed by atoms with E-state index in [-0.39, 0.29) is 17.9 Å². The minimum Gasteiger partial charge on any atom is -0.350 e. The third-order valence-electron chi connectivity index (χ3n) is 3.76. The van der Waals surface area contributed by atoms with E-state index in [1.807, 2.05) is 32.0 Å². The molecule has 108 valence electrons. The van der Waals surface area contributed by atoms with Crippen LogP contribution < -0.4 is 5.32 Å². The van der Waals surface area contributed by atoms with Gasteiger partial charge in [-0.15, -0.1) is 0 Å². The van der Waals surface area contributed by atoms with Crippen LogP contribution in [0, 0.1) is 6.92 Å². The Labute approximate surface area is 124 Å². The number of nitrogens with zero attached hydrogens (tertiary/aromatic N) is 1. The predicted octanol–water partition coefficient (Wildman–Crippen LogP) is 2.28. The molecule has 1 aliphatic heterocycles. The van der Waals surface area contributed by atoms with Crippen molar-refractivity contribution in [2.75, 3.05) is 6.54 Å². The lowest BCUT2D eigenvalue weighted by atomic mass is 10.1. The molecule has 0 radical (unpaired) electrons. The SMILES string of the molecule is CCN1C(=O)CC[C@H]1C(=O)NCc1c(C)cccc1Cl. The lowest BCUT2D eigenvalue weighted by Crippen LogP contribution is -2.44. The van der Waals surface area contributed by atoms with Gasteiger partial charge in [0.25, 0.3) is 0 Å². The molecule has 0 spiro atoms. The van der Waals surface area contributed by atoms with E-state index in [9.17, 15) is 9.59 Å². The Morgan fingerprint density at radius 1 is 1.50 bits per heavy atom. The fourth-order valence-electron chi connectivity index (χ4n) is 2.59. The Kier molecular flexibility index (Phi) is 4.65. The largest absolute Gasteiger partial charge is 0.350 e. The number of hydrogen-bond donors (Lipinski definition) is 1. The maximum atomic E-state index is 12.2. The summed E-state index contributed by atoms with van der Waals surface area (Å²) in [5.41, 5.74) is 1.97. The smallest absolute Gasteiger partial charge is 0.243 e. The highest BCUT2D eigenvalue weighted by Gasteiger charge is 2.34. The molecule has 0 unspecified atom stereocenters. The quantitative estimate of drug-likeness (QED) is 0.926. The van der Waals surface area contributed by atoms with E-state index in [1.54, 1.807) is 4.90 Å². The molecule has 1 aromatic rings. The first-order valence-electron chi connectivity index (χ1n) is 6.85. The highest BCUT2D eigenvalue weighted by Crippen LogP contribution is 2.21. The molecule has 1 N–H and O–H groups in total. The number of carbonyl (C=O) groups excluding carboxylic acids is 2. The molecule has 1 heterocycles. The summed E-state index contributed by atoms with van der Waals surface area (Å²) in [5, 5.41) is 3.54. The number of likely N-dealkylation sites (tertiary alicyclic amines) is 1. The first-order chi connectivity index (χ1) is 9.54. The number of likely N-dealkylation sites (N-methyl/N-ethyl adjacent to an activating group) is 1. The van der Waals surface area contributed by atoms with Crippen molar-refractivity contribution in [3.05, 3.63) is 34.3 Å². The van der Waals surface area contributed by atoms with Crippen LogP contribution in [-0.2, 0) is 16.1 Å². The molecule has 2 rings (SSSR count). The second kappa shape index (κ2) is 6.27. The van der Waals surface area contributed by atoms with E-state index in [1.165, 1.54) is 0 Å². The number of aryl methyl sites for hydroxylation is 1. The van der Waals surface area contributed by atoms with Crippen molar-refractivity contribution in [2.24, 2.45) is 0 Å². The molecule has 0 saturated carbocycles. The maximum Gasteiger partial charge on any atom is 0.243 e. The third kappa shape index (κ3) is 2.96. The molecule has 5 heteroatoms. The molecule has 1 saturated heterocycles. The fraction of sp³-hybridized carbons (Fsp3) is 0.467. The standard InChI is InChI=1S/C15H19ClN2O2/c1-3-18-13(7-8-14(18)19)15(20)17-9-11-10(2)5-4-6-12(11)16/h4-6,13H,3,7-9H2,1-2H3,(H,17,20)/t13-/m0/s1. The summed E-state index contributed by atoms with van der Waals surface area (Å²) in [4.78, 5) is 25.5. The summed E-state index contributed by atoms with van der Waals surface area (Å²) in [6.07, 6.45) is 1.05. The van der Waals surface area contributed by atoms with Gasteiger partial charge >= 0.3 is 0 Å². The van der Waals surface area contributed by atoms with Gasteiger partial charge in [-0.25, -0.2) is 0 Å². The monoisotopic (exact) mass is 294 g/mol. The Bertz CT molecular complexity index is 510. The molecule has 4 nitrogen and oxygen atoms in total. The van der Waals surface area contributed by atoms with E-state index in [0.29, 0.717) is 31.0 Å². The Morgan fingerprint density at radius 3 is 2.90 bits per heavy atom. The van der Waals surface area contributed by atoms with Crippen LogP contribution in [0.3, 0.4) is 0 Å². The van der Waals surface area contributed by atoms with Gasteiger partial charge in [-0.05, 0) is 37.5 Å². The van der Waals surface area contributed by atoms with Gasteiger partial charge in [0, 0.05) is 24.5 Å². The first kappa shape index (κ1) is 14.9. The maximum absolute atomic E-state index is 12.2. The topological polar surface area (TPSA) is 49.4 Å². The van der Waals surface area contributed by atoms with Crippen LogP contribution in [-0.4, -0.2) is 29.3 Å². The van der Waals surface area contributed by atoms with Crippen LogP contribution in [0.4, 0.5) is 0 Å². The van der Waals surface area contributed by atoms with Gasteiger partial charge in [0.1, 0.15) is 6.04 Å². The van der Waals surface area contributed by atoms with Crippen molar-refractivity contribution in [3.63, 3.8) is 0 Å².